The van der Waals surface area contributed by atoms with Gasteiger partial charge in [0.05, 0.1) is 0 Å². The second-order valence-corrected chi connectivity index (χ2v) is 6.77. The van der Waals surface area contributed by atoms with Crippen LogP contribution in [0.1, 0.15) is 28.8 Å². The van der Waals surface area contributed by atoms with Crippen LogP contribution >= 0.6 is 12.4 Å². The smallest absolute Gasteiger partial charge is 0.254 e. The van der Waals surface area contributed by atoms with Crippen molar-refractivity contribution in [1.82, 2.24) is 15.1 Å². The molecule has 0 spiro atoms. The zero-order chi connectivity index (χ0) is 16.2. The highest BCUT2D eigenvalue weighted by Crippen LogP contribution is 2.16. The van der Waals surface area contributed by atoms with E-state index < -0.39 is 0 Å². The molecule has 3 rings (SSSR count). The number of benzene rings is 1. The molecule has 0 radical (unpaired) electrons. The van der Waals surface area contributed by atoms with Crippen LogP contribution in [0.4, 0.5) is 4.39 Å². The number of hydrogen-bond donors (Lipinski definition) is 1. The lowest BCUT2D eigenvalue weighted by molar-refractivity contribution is 0.0609. The number of rotatable bonds is 3. The van der Waals surface area contributed by atoms with Crippen molar-refractivity contribution in [3.63, 3.8) is 0 Å². The fraction of sp³-hybridized carbons (Fsp3) is 0.611. The van der Waals surface area contributed by atoms with Gasteiger partial charge in [0.1, 0.15) is 5.82 Å². The monoisotopic (exact) mass is 355 g/mol. The van der Waals surface area contributed by atoms with E-state index in [4.69, 9.17) is 0 Å². The summed E-state index contributed by atoms with van der Waals surface area (Å²) in [5, 5.41) is 3.46. The molecular weight excluding hydrogens is 329 g/mol. The van der Waals surface area contributed by atoms with Crippen LogP contribution in [0.3, 0.4) is 0 Å². The van der Waals surface area contributed by atoms with E-state index in [1.165, 1.54) is 18.9 Å². The van der Waals surface area contributed by atoms with E-state index >= 15 is 0 Å². The Bertz CT molecular complexity index is 555. The number of carbonyl (C=O) groups is 1. The number of piperazine rings is 1. The summed E-state index contributed by atoms with van der Waals surface area (Å²) in [5.41, 5.74) is 1.03. The van der Waals surface area contributed by atoms with Crippen LogP contribution < -0.4 is 5.32 Å². The Balaban J connectivity index is 0.00000208. The van der Waals surface area contributed by atoms with Crippen molar-refractivity contribution in [3.05, 3.63) is 35.1 Å². The van der Waals surface area contributed by atoms with E-state index in [9.17, 15) is 9.18 Å². The molecule has 24 heavy (non-hydrogen) atoms. The molecule has 2 saturated heterocycles. The van der Waals surface area contributed by atoms with Gasteiger partial charge in [0.25, 0.3) is 5.91 Å². The zero-order valence-corrected chi connectivity index (χ0v) is 15.1. The molecule has 0 bridgehead atoms. The van der Waals surface area contributed by atoms with Gasteiger partial charge in [0, 0.05) is 38.3 Å². The minimum atomic E-state index is -0.306. The average molecular weight is 356 g/mol. The highest BCUT2D eigenvalue weighted by molar-refractivity contribution is 5.94. The summed E-state index contributed by atoms with van der Waals surface area (Å²) < 4.78 is 13.6. The molecule has 2 aliphatic rings. The molecule has 1 atom stereocenters. The van der Waals surface area contributed by atoms with Gasteiger partial charge in [-0.1, -0.05) is 6.07 Å². The standard InChI is InChI=1S/C18H26FN3O.ClH/c1-14-4-5-16(11-17(14)19)18(23)22-9-7-21(8-10-22)13-15-3-2-6-20-12-15;/h4-5,11,15,20H,2-3,6-10,12-13H2,1H3;1H. The van der Waals surface area contributed by atoms with Crippen LogP contribution in [0.2, 0.25) is 0 Å². The normalized spacial score (nSPS) is 22.1. The third-order valence-corrected chi connectivity index (χ3v) is 4.99. The highest BCUT2D eigenvalue weighted by atomic mass is 35.5. The van der Waals surface area contributed by atoms with E-state index in [0.29, 0.717) is 11.1 Å². The molecule has 1 amide bonds. The number of aryl methyl sites for hydroxylation is 1. The second kappa shape index (κ2) is 8.79. The van der Waals surface area contributed by atoms with Crippen molar-refractivity contribution in [3.8, 4) is 0 Å². The van der Waals surface area contributed by atoms with Crippen LogP contribution in [-0.4, -0.2) is 61.5 Å². The first-order chi connectivity index (χ1) is 11.1. The van der Waals surface area contributed by atoms with Crippen molar-refractivity contribution in [2.75, 3.05) is 45.8 Å². The zero-order valence-electron chi connectivity index (χ0n) is 14.3. The van der Waals surface area contributed by atoms with Crippen LogP contribution in [0.25, 0.3) is 0 Å². The SMILES string of the molecule is Cc1ccc(C(=O)N2CCN(CC3CCCNC3)CC2)cc1F.Cl. The van der Waals surface area contributed by atoms with Gasteiger partial charge in [-0.3, -0.25) is 9.69 Å². The quantitative estimate of drug-likeness (QED) is 0.903. The number of piperidine rings is 1. The number of carbonyl (C=O) groups excluding carboxylic acids is 1. The second-order valence-electron chi connectivity index (χ2n) is 6.77. The molecule has 1 aromatic carbocycles. The predicted molar refractivity (Wildman–Crippen MR) is 96.3 cm³/mol. The third-order valence-electron chi connectivity index (χ3n) is 4.99. The maximum atomic E-state index is 13.6. The Hall–Kier alpha value is -1.17. The molecule has 1 unspecified atom stereocenters. The Morgan fingerprint density at radius 1 is 1.29 bits per heavy atom. The fourth-order valence-corrected chi connectivity index (χ4v) is 3.49. The average Bonchev–Trinajstić information content (AvgIpc) is 2.58. The highest BCUT2D eigenvalue weighted by Gasteiger charge is 2.24. The van der Waals surface area contributed by atoms with E-state index in [1.54, 1.807) is 19.1 Å². The summed E-state index contributed by atoms with van der Waals surface area (Å²) in [4.78, 5) is 16.8. The Kier molecular flexibility index (Phi) is 7.02. The van der Waals surface area contributed by atoms with Crippen molar-refractivity contribution >= 4 is 18.3 Å². The van der Waals surface area contributed by atoms with Crippen LogP contribution in [0, 0.1) is 18.7 Å². The van der Waals surface area contributed by atoms with Crippen molar-refractivity contribution < 1.29 is 9.18 Å². The maximum absolute atomic E-state index is 13.6. The number of nitrogens with zero attached hydrogens (tertiary/aromatic N) is 2. The van der Waals surface area contributed by atoms with Crippen molar-refractivity contribution in [2.24, 2.45) is 5.92 Å². The van der Waals surface area contributed by atoms with Crippen LogP contribution in [-0.2, 0) is 0 Å². The van der Waals surface area contributed by atoms with E-state index in [1.807, 2.05) is 4.90 Å². The van der Waals surface area contributed by atoms with Gasteiger partial charge in [0.2, 0.25) is 0 Å². The largest absolute Gasteiger partial charge is 0.336 e. The predicted octanol–water partition coefficient (Wildman–Crippen LogP) is 2.31. The molecule has 134 valence electrons. The molecule has 2 fully saturated rings. The van der Waals surface area contributed by atoms with Crippen LogP contribution in [0.15, 0.2) is 18.2 Å². The van der Waals surface area contributed by atoms with Crippen LogP contribution in [0.5, 0.6) is 0 Å². The number of hydrogen-bond acceptors (Lipinski definition) is 3. The van der Waals surface area contributed by atoms with Gasteiger partial charge in [-0.2, -0.15) is 0 Å². The number of nitrogens with one attached hydrogen (secondary N) is 1. The Morgan fingerprint density at radius 3 is 2.67 bits per heavy atom. The molecule has 2 aliphatic heterocycles. The first kappa shape index (κ1) is 19.2. The number of amides is 1. The van der Waals surface area contributed by atoms with Gasteiger partial charge >= 0.3 is 0 Å². The summed E-state index contributed by atoms with van der Waals surface area (Å²) in [6, 6.07) is 4.76. The minimum Gasteiger partial charge on any atom is -0.336 e. The van der Waals surface area contributed by atoms with E-state index in [2.05, 4.69) is 10.2 Å². The van der Waals surface area contributed by atoms with Gasteiger partial charge in [-0.15, -0.1) is 12.4 Å². The fourth-order valence-electron chi connectivity index (χ4n) is 3.49. The molecule has 4 nitrogen and oxygen atoms in total. The van der Waals surface area contributed by atoms with E-state index in [-0.39, 0.29) is 24.1 Å². The summed E-state index contributed by atoms with van der Waals surface area (Å²) in [6.07, 6.45) is 2.57. The van der Waals surface area contributed by atoms with Crippen molar-refractivity contribution in [2.45, 2.75) is 19.8 Å². The molecule has 2 heterocycles. The maximum Gasteiger partial charge on any atom is 0.254 e. The lowest BCUT2D eigenvalue weighted by Gasteiger charge is -2.37. The number of halogens is 2. The topological polar surface area (TPSA) is 35.6 Å². The molecule has 6 heteroatoms. The summed E-state index contributed by atoms with van der Waals surface area (Å²) in [6.45, 7) is 8.38. The summed E-state index contributed by atoms with van der Waals surface area (Å²) in [7, 11) is 0. The Morgan fingerprint density at radius 2 is 2.04 bits per heavy atom. The molecular formula is C18H27ClFN3O. The van der Waals surface area contributed by atoms with Gasteiger partial charge in [0.15, 0.2) is 0 Å². The molecule has 0 aliphatic carbocycles. The lowest BCUT2D eigenvalue weighted by Crippen LogP contribution is -2.50. The minimum absolute atomic E-state index is 0. The lowest BCUT2D eigenvalue weighted by atomic mass is 9.99. The molecule has 0 aromatic heterocycles. The first-order valence-corrected chi connectivity index (χ1v) is 8.62. The summed E-state index contributed by atoms with van der Waals surface area (Å²) >= 11 is 0. The summed E-state index contributed by atoms with van der Waals surface area (Å²) in [5.74, 6) is 0.374. The van der Waals surface area contributed by atoms with E-state index in [0.717, 1.165) is 51.7 Å². The molecule has 1 N–H and O–H groups in total. The molecule has 0 saturated carbocycles. The first-order valence-electron chi connectivity index (χ1n) is 8.62. The van der Waals surface area contributed by atoms with Gasteiger partial charge in [-0.25, -0.2) is 4.39 Å². The molecule has 1 aromatic rings. The van der Waals surface area contributed by atoms with Crippen molar-refractivity contribution in [1.29, 1.82) is 0 Å². The Labute approximate surface area is 149 Å². The van der Waals surface area contributed by atoms with Gasteiger partial charge in [-0.05, 0) is 56.5 Å². The third kappa shape index (κ3) is 4.68. The van der Waals surface area contributed by atoms with Gasteiger partial charge < -0.3 is 10.2 Å².